The van der Waals surface area contributed by atoms with Crippen molar-refractivity contribution in [2.45, 2.75) is 32.9 Å². The molecule has 39 heavy (non-hydrogen) atoms. The number of rotatable bonds is 7. The molecule has 0 aliphatic carbocycles. The average molecular weight is 527 g/mol. The van der Waals surface area contributed by atoms with Crippen LogP contribution in [0.15, 0.2) is 52.3 Å². The first-order chi connectivity index (χ1) is 19.0. The summed E-state index contributed by atoms with van der Waals surface area (Å²) in [6.45, 7) is 8.07. The molecule has 2 N–H and O–H groups in total. The summed E-state index contributed by atoms with van der Waals surface area (Å²) in [7, 11) is 0. The number of benzene rings is 1. The highest BCUT2D eigenvalue weighted by atomic mass is 16.5. The van der Waals surface area contributed by atoms with Crippen molar-refractivity contribution < 1.29 is 4.74 Å². The molecule has 11 heteroatoms. The lowest BCUT2D eigenvalue weighted by Gasteiger charge is -2.37. The van der Waals surface area contributed by atoms with Crippen LogP contribution in [0.25, 0.3) is 11.4 Å². The van der Waals surface area contributed by atoms with Crippen LogP contribution in [0.2, 0.25) is 0 Å². The number of anilines is 5. The van der Waals surface area contributed by atoms with Gasteiger partial charge in [-0.05, 0) is 50.6 Å². The Hall–Kier alpha value is -4.38. The summed E-state index contributed by atoms with van der Waals surface area (Å²) in [4.78, 5) is 47.4. The Balaban J connectivity index is 1.33. The maximum atomic E-state index is 12.1. The van der Waals surface area contributed by atoms with E-state index in [2.05, 4.69) is 37.3 Å². The third-order valence-electron chi connectivity index (χ3n) is 7.19. The number of nitrogens with one attached hydrogen (secondary N) is 2. The van der Waals surface area contributed by atoms with Gasteiger partial charge < -0.3 is 25.2 Å². The van der Waals surface area contributed by atoms with Gasteiger partial charge in [0, 0.05) is 48.8 Å². The van der Waals surface area contributed by atoms with Crippen molar-refractivity contribution >= 4 is 28.8 Å². The lowest BCUT2D eigenvalue weighted by Crippen LogP contribution is -2.45. The predicted octanol–water partition coefficient (Wildman–Crippen LogP) is 2.49. The Kier molecular flexibility index (Phi) is 6.65. The number of fused-ring (bicyclic) bond motifs is 1. The van der Waals surface area contributed by atoms with Gasteiger partial charge in [-0.1, -0.05) is 0 Å². The second-order valence-corrected chi connectivity index (χ2v) is 9.77. The first-order valence-electron chi connectivity index (χ1n) is 13.2. The van der Waals surface area contributed by atoms with Gasteiger partial charge in [0.25, 0.3) is 10.9 Å². The molecule has 4 aromatic rings. The zero-order valence-electron chi connectivity index (χ0n) is 22.0. The summed E-state index contributed by atoms with van der Waals surface area (Å²) in [5.41, 5.74) is 3.32. The topological polar surface area (TPSA) is 125 Å². The molecule has 2 aromatic heterocycles. The van der Waals surface area contributed by atoms with Crippen molar-refractivity contribution in [2.75, 3.05) is 53.3 Å². The smallest absolute Gasteiger partial charge is 0.253 e. The number of nitrogens with zero attached hydrogens (tertiary/aromatic N) is 6. The molecule has 1 fully saturated rings. The maximum Gasteiger partial charge on any atom is 0.253 e. The molecule has 4 heterocycles. The molecule has 2 aliphatic heterocycles. The number of ether oxygens (including phenoxy) is 1. The first-order valence-corrected chi connectivity index (χ1v) is 13.2. The minimum absolute atomic E-state index is 0.203. The van der Waals surface area contributed by atoms with Gasteiger partial charge in [0.05, 0.1) is 31.5 Å². The third kappa shape index (κ3) is 4.69. The van der Waals surface area contributed by atoms with E-state index < -0.39 is 10.9 Å². The Morgan fingerprint density at radius 1 is 1.03 bits per heavy atom. The van der Waals surface area contributed by atoms with E-state index in [0.29, 0.717) is 55.1 Å². The highest BCUT2D eigenvalue weighted by molar-refractivity contribution is 5.79. The van der Waals surface area contributed by atoms with Gasteiger partial charge in [0.15, 0.2) is 5.82 Å². The summed E-state index contributed by atoms with van der Waals surface area (Å²) >= 11 is 0. The van der Waals surface area contributed by atoms with Crippen LogP contribution in [0, 0.1) is 0 Å². The SMILES string of the molecule is CCNc1c(Nc2ccc(-c3nc4c(c(N5CCOC[C@@H]5C)n3)CCN(c3ncccn3)C4)cc2)c(=O)c1=O. The highest BCUT2D eigenvalue weighted by Crippen LogP contribution is 2.32. The van der Waals surface area contributed by atoms with Crippen molar-refractivity contribution in [1.29, 1.82) is 0 Å². The molecule has 6 rings (SSSR count). The second-order valence-electron chi connectivity index (χ2n) is 9.77. The van der Waals surface area contributed by atoms with Crippen LogP contribution in [0.4, 0.5) is 28.8 Å². The van der Waals surface area contributed by atoms with Crippen molar-refractivity contribution in [3.63, 3.8) is 0 Å². The monoisotopic (exact) mass is 526 g/mol. The van der Waals surface area contributed by atoms with E-state index in [1.165, 1.54) is 0 Å². The standard InChI is InChI=1S/C28H30N8O3/c1-3-29-22-23(25(38)24(22)37)32-19-7-5-18(6-8-19)26-33-21-15-35(28-30-10-4-11-31-28)12-9-20(21)27(34-26)36-13-14-39-16-17(36)2/h4-8,10-11,17,29,32H,3,9,12-16H2,1-2H3/t17-/m0/s1. The molecule has 1 atom stereocenters. The second kappa shape index (κ2) is 10.4. The highest BCUT2D eigenvalue weighted by Gasteiger charge is 2.29. The molecule has 0 saturated carbocycles. The fourth-order valence-electron chi connectivity index (χ4n) is 5.15. The fraction of sp³-hybridized carbons (Fsp3) is 0.357. The molecule has 0 spiro atoms. The maximum absolute atomic E-state index is 12.1. The number of morpholine rings is 1. The van der Waals surface area contributed by atoms with Crippen LogP contribution in [0.3, 0.4) is 0 Å². The van der Waals surface area contributed by atoms with Crippen molar-refractivity contribution in [2.24, 2.45) is 0 Å². The van der Waals surface area contributed by atoms with E-state index in [0.717, 1.165) is 42.1 Å². The van der Waals surface area contributed by atoms with E-state index in [1.807, 2.05) is 37.3 Å². The molecule has 0 unspecified atom stereocenters. The van der Waals surface area contributed by atoms with E-state index in [4.69, 9.17) is 14.7 Å². The molecule has 11 nitrogen and oxygen atoms in total. The molecule has 2 aliphatic rings. The summed E-state index contributed by atoms with van der Waals surface area (Å²) in [6, 6.07) is 9.60. The lowest BCUT2D eigenvalue weighted by molar-refractivity contribution is 0.0984. The van der Waals surface area contributed by atoms with Gasteiger partial charge in [-0.3, -0.25) is 9.59 Å². The molecular weight excluding hydrogens is 496 g/mol. The summed E-state index contributed by atoms with van der Waals surface area (Å²) in [6.07, 6.45) is 4.31. The van der Waals surface area contributed by atoms with Crippen LogP contribution in [-0.2, 0) is 17.7 Å². The number of hydrogen-bond donors (Lipinski definition) is 2. The fourth-order valence-corrected chi connectivity index (χ4v) is 5.15. The van der Waals surface area contributed by atoms with E-state index >= 15 is 0 Å². The van der Waals surface area contributed by atoms with Crippen molar-refractivity contribution in [3.05, 3.63) is 74.4 Å². The van der Waals surface area contributed by atoms with Crippen molar-refractivity contribution in [3.8, 4) is 11.4 Å². The normalized spacial score (nSPS) is 17.2. The minimum Gasteiger partial charge on any atom is -0.380 e. The average Bonchev–Trinajstić information content (AvgIpc) is 2.99. The Labute approximate surface area is 225 Å². The largest absolute Gasteiger partial charge is 0.380 e. The van der Waals surface area contributed by atoms with Crippen LogP contribution in [0.1, 0.15) is 25.1 Å². The summed E-state index contributed by atoms with van der Waals surface area (Å²) in [5, 5.41) is 6.03. The molecule has 0 bridgehead atoms. The van der Waals surface area contributed by atoms with Gasteiger partial charge in [-0.2, -0.15) is 0 Å². The van der Waals surface area contributed by atoms with Crippen LogP contribution in [0.5, 0.6) is 0 Å². The van der Waals surface area contributed by atoms with Gasteiger partial charge in [-0.25, -0.2) is 19.9 Å². The van der Waals surface area contributed by atoms with Gasteiger partial charge in [-0.15, -0.1) is 0 Å². The third-order valence-corrected chi connectivity index (χ3v) is 7.19. The van der Waals surface area contributed by atoms with Crippen molar-refractivity contribution in [1.82, 2.24) is 19.9 Å². The molecule has 0 radical (unpaired) electrons. The zero-order chi connectivity index (χ0) is 26.9. The lowest BCUT2D eigenvalue weighted by atomic mass is 10.0. The molecule has 1 saturated heterocycles. The Morgan fingerprint density at radius 2 is 1.79 bits per heavy atom. The summed E-state index contributed by atoms with van der Waals surface area (Å²) in [5.74, 6) is 2.28. The Bertz CT molecular complexity index is 1550. The van der Waals surface area contributed by atoms with Gasteiger partial charge >= 0.3 is 0 Å². The summed E-state index contributed by atoms with van der Waals surface area (Å²) < 4.78 is 5.69. The molecular formula is C28H30N8O3. The van der Waals surface area contributed by atoms with Crippen LogP contribution >= 0.6 is 0 Å². The van der Waals surface area contributed by atoms with Crippen LogP contribution in [-0.4, -0.2) is 58.8 Å². The Morgan fingerprint density at radius 3 is 2.54 bits per heavy atom. The molecule has 2 aromatic carbocycles. The van der Waals surface area contributed by atoms with Gasteiger partial charge in [0.2, 0.25) is 5.95 Å². The quantitative estimate of drug-likeness (QED) is 0.345. The predicted molar refractivity (Wildman–Crippen MR) is 151 cm³/mol. The minimum atomic E-state index is -0.510. The first kappa shape index (κ1) is 24.9. The van der Waals surface area contributed by atoms with E-state index in [1.54, 1.807) is 12.4 Å². The zero-order valence-corrected chi connectivity index (χ0v) is 22.0. The molecule has 200 valence electrons. The van der Waals surface area contributed by atoms with E-state index in [9.17, 15) is 9.59 Å². The van der Waals surface area contributed by atoms with Crippen LogP contribution < -0.4 is 31.3 Å². The molecule has 0 amide bonds. The van der Waals surface area contributed by atoms with Gasteiger partial charge in [0.1, 0.15) is 17.2 Å². The van der Waals surface area contributed by atoms with E-state index in [-0.39, 0.29) is 6.04 Å². The number of aromatic nitrogens is 4. The number of hydrogen-bond acceptors (Lipinski definition) is 11.